The largest absolute Gasteiger partial charge is 0.367 e. The number of nitrogens with one attached hydrogen (secondary N) is 1. The molecule has 0 radical (unpaired) electrons. The van der Waals surface area contributed by atoms with E-state index in [4.69, 9.17) is 16.9 Å². The molecule has 0 bridgehead atoms. The van der Waals surface area contributed by atoms with Gasteiger partial charge in [-0.05, 0) is 30.9 Å². The fourth-order valence-electron chi connectivity index (χ4n) is 2.71. The van der Waals surface area contributed by atoms with Crippen LogP contribution in [0.15, 0.2) is 12.1 Å². The maximum atomic E-state index is 8.93. The highest BCUT2D eigenvalue weighted by Gasteiger charge is 2.23. The minimum atomic E-state index is 0.375. The van der Waals surface area contributed by atoms with Gasteiger partial charge in [0.1, 0.15) is 11.0 Å². The van der Waals surface area contributed by atoms with Crippen molar-refractivity contribution >= 4 is 17.4 Å². The molecule has 1 fully saturated rings. The summed E-state index contributed by atoms with van der Waals surface area (Å²) in [6.45, 7) is 2.23. The van der Waals surface area contributed by atoms with Crippen molar-refractivity contribution in [3.05, 3.63) is 22.8 Å². The first kappa shape index (κ1) is 13.2. The summed E-state index contributed by atoms with van der Waals surface area (Å²) < 4.78 is 0. The number of rotatable bonds is 3. The van der Waals surface area contributed by atoms with E-state index in [1.54, 1.807) is 12.1 Å². The summed E-state index contributed by atoms with van der Waals surface area (Å²) in [5, 5.41) is 12.8. The number of hydrogen-bond donors (Lipinski definition) is 1. The molecule has 0 spiro atoms. The number of aromatic nitrogens is 1. The monoisotopic (exact) mass is 263 g/mol. The van der Waals surface area contributed by atoms with Gasteiger partial charge in [0.15, 0.2) is 0 Å². The second-order valence-corrected chi connectivity index (χ2v) is 5.27. The van der Waals surface area contributed by atoms with Crippen LogP contribution in [0.25, 0.3) is 0 Å². The molecule has 1 saturated carbocycles. The average Bonchev–Trinajstić information content (AvgIpc) is 2.38. The van der Waals surface area contributed by atoms with E-state index in [-0.39, 0.29) is 0 Å². The first-order valence-electron chi connectivity index (χ1n) is 6.57. The van der Waals surface area contributed by atoms with Gasteiger partial charge in [-0.15, -0.1) is 0 Å². The standard InChI is InChI=1S/C14H18ClN3/c1-2-11-5-3-4-6-12(11)17-14-8-10(9-16)7-13(15)18-14/h7-8,11-12H,2-6H2,1H3,(H,17,18). The van der Waals surface area contributed by atoms with Crippen LogP contribution in [0.4, 0.5) is 5.82 Å². The molecular formula is C14H18ClN3. The number of nitriles is 1. The van der Waals surface area contributed by atoms with Crippen LogP contribution in [-0.4, -0.2) is 11.0 Å². The Labute approximate surface area is 113 Å². The molecule has 0 aromatic carbocycles. The molecule has 0 aliphatic heterocycles. The Morgan fingerprint density at radius 2 is 2.22 bits per heavy atom. The Bertz CT molecular complexity index is 453. The first-order chi connectivity index (χ1) is 8.72. The fraction of sp³-hybridized carbons (Fsp3) is 0.571. The smallest absolute Gasteiger partial charge is 0.132 e. The molecule has 2 atom stereocenters. The minimum absolute atomic E-state index is 0.375. The number of nitrogens with zero attached hydrogens (tertiary/aromatic N) is 2. The van der Waals surface area contributed by atoms with Crippen molar-refractivity contribution < 1.29 is 0 Å². The van der Waals surface area contributed by atoms with Crippen LogP contribution in [0.5, 0.6) is 0 Å². The van der Waals surface area contributed by atoms with E-state index in [2.05, 4.69) is 23.3 Å². The van der Waals surface area contributed by atoms with Crippen molar-refractivity contribution in [2.24, 2.45) is 5.92 Å². The molecule has 96 valence electrons. The summed E-state index contributed by atoms with van der Waals surface area (Å²) in [5.74, 6) is 1.43. The predicted molar refractivity (Wildman–Crippen MR) is 73.6 cm³/mol. The third-order valence-corrected chi connectivity index (χ3v) is 3.88. The molecule has 3 nitrogen and oxygen atoms in total. The van der Waals surface area contributed by atoms with E-state index in [1.807, 2.05) is 0 Å². The van der Waals surface area contributed by atoms with Gasteiger partial charge < -0.3 is 5.32 Å². The van der Waals surface area contributed by atoms with Crippen molar-refractivity contribution in [2.75, 3.05) is 5.32 Å². The van der Waals surface area contributed by atoms with Gasteiger partial charge in [0.2, 0.25) is 0 Å². The third-order valence-electron chi connectivity index (χ3n) is 3.69. The van der Waals surface area contributed by atoms with Gasteiger partial charge in [0, 0.05) is 6.04 Å². The normalized spacial score (nSPS) is 23.4. The summed E-state index contributed by atoms with van der Waals surface area (Å²) in [5.41, 5.74) is 0.557. The van der Waals surface area contributed by atoms with Crippen molar-refractivity contribution in [3.63, 3.8) is 0 Å². The molecular weight excluding hydrogens is 246 g/mol. The molecule has 1 heterocycles. The second-order valence-electron chi connectivity index (χ2n) is 4.88. The number of pyridine rings is 1. The molecule has 1 aliphatic rings. The Balaban J connectivity index is 2.12. The zero-order chi connectivity index (χ0) is 13.0. The van der Waals surface area contributed by atoms with Crippen molar-refractivity contribution in [1.29, 1.82) is 5.26 Å². The molecule has 4 heteroatoms. The van der Waals surface area contributed by atoms with Crippen LogP contribution >= 0.6 is 11.6 Å². The van der Waals surface area contributed by atoms with Gasteiger partial charge in [-0.2, -0.15) is 5.26 Å². The van der Waals surface area contributed by atoms with Crippen LogP contribution in [0, 0.1) is 17.2 Å². The summed E-state index contributed by atoms with van der Waals surface area (Å²) in [7, 11) is 0. The lowest BCUT2D eigenvalue weighted by molar-refractivity contribution is 0.317. The van der Waals surface area contributed by atoms with Crippen LogP contribution in [0.3, 0.4) is 0 Å². The molecule has 0 amide bonds. The number of halogens is 1. The van der Waals surface area contributed by atoms with Gasteiger partial charge >= 0.3 is 0 Å². The molecule has 2 rings (SSSR count). The quantitative estimate of drug-likeness (QED) is 0.839. The van der Waals surface area contributed by atoms with E-state index < -0.39 is 0 Å². The molecule has 2 unspecified atom stereocenters. The van der Waals surface area contributed by atoms with Gasteiger partial charge in [0.25, 0.3) is 0 Å². The summed E-state index contributed by atoms with van der Waals surface area (Å²) in [6, 6.07) is 5.92. The van der Waals surface area contributed by atoms with Gasteiger partial charge in [-0.1, -0.05) is 37.8 Å². The van der Waals surface area contributed by atoms with E-state index in [0.717, 1.165) is 5.82 Å². The lowest BCUT2D eigenvalue weighted by Gasteiger charge is -2.31. The molecule has 1 aromatic heterocycles. The van der Waals surface area contributed by atoms with Crippen LogP contribution in [0.1, 0.15) is 44.6 Å². The third kappa shape index (κ3) is 3.14. The Morgan fingerprint density at radius 3 is 2.94 bits per heavy atom. The van der Waals surface area contributed by atoms with E-state index in [9.17, 15) is 0 Å². The summed E-state index contributed by atoms with van der Waals surface area (Å²) in [4.78, 5) is 4.25. The van der Waals surface area contributed by atoms with Crippen molar-refractivity contribution in [3.8, 4) is 6.07 Å². The average molecular weight is 264 g/mol. The zero-order valence-corrected chi connectivity index (χ0v) is 11.4. The zero-order valence-electron chi connectivity index (χ0n) is 10.6. The first-order valence-corrected chi connectivity index (χ1v) is 6.95. The highest BCUT2D eigenvalue weighted by Crippen LogP contribution is 2.29. The lowest BCUT2D eigenvalue weighted by atomic mass is 9.83. The van der Waals surface area contributed by atoms with Crippen LogP contribution < -0.4 is 5.32 Å². The Hall–Kier alpha value is -1.27. The minimum Gasteiger partial charge on any atom is -0.367 e. The van der Waals surface area contributed by atoms with E-state index in [0.29, 0.717) is 22.7 Å². The summed E-state index contributed by atoms with van der Waals surface area (Å²) in [6.07, 6.45) is 6.22. The van der Waals surface area contributed by atoms with Crippen molar-refractivity contribution in [1.82, 2.24) is 4.98 Å². The molecule has 1 aromatic rings. The Morgan fingerprint density at radius 1 is 1.44 bits per heavy atom. The lowest BCUT2D eigenvalue weighted by Crippen LogP contribution is -2.32. The summed E-state index contributed by atoms with van der Waals surface area (Å²) >= 11 is 5.91. The SMILES string of the molecule is CCC1CCCCC1Nc1cc(C#N)cc(Cl)n1. The highest BCUT2D eigenvalue weighted by atomic mass is 35.5. The van der Waals surface area contributed by atoms with Gasteiger partial charge in [-0.25, -0.2) is 4.98 Å². The molecule has 1 aliphatic carbocycles. The maximum Gasteiger partial charge on any atom is 0.132 e. The van der Waals surface area contributed by atoms with Crippen LogP contribution in [0.2, 0.25) is 5.15 Å². The Kier molecular flexibility index (Phi) is 4.43. The molecule has 0 saturated heterocycles. The number of anilines is 1. The topological polar surface area (TPSA) is 48.7 Å². The van der Waals surface area contributed by atoms with Gasteiger partial charge in [-0.3, -0.25) is 0 Å². The fourth-order valence-corrected chi connectivity index (χ4v) is 2.92. The second kappa shape index (κ2) is 6.06. The highest BCUT2D eigenvalue weighted by molar-refractivity contribution is 6.29. The molecule has 18 heavy (non-hydrogen) atoms. The molecule has 1 N–H and O–H groups in total. The number of hydrogen-bond acceptors (Lipinski definition) is 3. The maximum absolute atomic E-state index is 8.93. The van der Waals surface area contributed by atoms with Crippen LogP contribution in [-0.2, 0) is 0 Å². The van der Waals surface area contributed by atoms with Gasteiger partial charge in [0.05, 0.1) is 11.6 Å². The van der Waals surface area contributed by atoms with Crippen molar-refractivity contribution in [2.45, 2.75) is 45.1 Å². The van der Waals surface area contributed by atoms with E-state index in [1.165, 1.54) is 32.1 Å². The predicted octanol–water partition coefficient (Wildman–Crippen LogP) is 3.99. The van der Waals surface area contributed by atoms with E-state index >= 15 is 0 Å².